The van der Waals surface area contributed by atoms with E-state index in [4.69, 9.17) is 9.47 Å². The molecular weight excluding hydrogens is 289 g/mol. The van der Waals surface area contributed by atoms with Crippen molar-refractivity contribution < 1.29 is 27.4 Å². The number of alkyl halides is 3. The average Bonchev–Trinajstić information content (AvgIpc) is 2.84. The van der Waals surface area contributed by atoms with E-state index in [1.54, 1.807) is 23.5 Å². The van der Waals surface area contributed by atoms with E-state index in [1.165, 1.54) is 0 Å². The first-order valence-corrected chi connectivity index (χ1v) is 6.29. The summed E-state index contributed by atoms with van der Waals surface area (Å²) in [5.74, 6) is 0.178. The second-order valence-electron chi connectivity index (χ2n) is 4.53. The van der Waals surface area contributed by atoms with Gasteiger partial charge in [-0.25, -0.2) is 0 Å². The van der Waals surface area contributed by atoms with Crippen molar-refractivity contribution in [3.63, 3.8) is 0 Å². The average molecular weight is 304 g/mol. The third-order valence-electron chi connectivity index (χ3n) is 2.97. The lowest BCUT2D eigenvalue weighted by molar-refractivity contribution is -0.139. The van der Waals surface area contributed by atoms with Gasteiger partial charge in [-0.2, -0.15) is 13.2 Å². The van der Waals surface area contributed by atoms with Crippen LogP contribution in [0.3, 0.4) is 0 Å². The Balaban J connectivity index is 1.86. The first kappa shape index (κ1) is 15.4. The maximum Gasteiger partial charge on any atom is 0.405 e. The number of amides is 1. The largest absolute Gasteiger partial charge is 0.491 e. The molecule has 0 saturated carbocycles. The molecule has 5 nitrogen and oxygen atoms in total. The summed E-state index contributed by atoms with van der Waals surface area (Å²) in [5.41, 5.74) is 0.978. The summed E-state index contributed by atoms with van der Waals surface area (Å²) in [4.78, 5) is 11.2. The normalized spacial score (nSPS) is 17.0. The Morgan fingerprint density at radius 3 is 2.90 bits per heavy atom. The summed E-state index contributed by atoms with van der Waals surface area (Å²) in [6, 6.07) is 5.16. The number of carbonyl (C=O) groups is 1. The van der Waals surface area contributed by atoms with Gasteiger partial charge in [-0.05, 0) is 19.2 Å². The molecule has 0 spiro atoms. The summed E-state index contributed by atoms with van der Waals surface area (Å²) >= 11 is 0. The number of rotatable bonds is 5. The van der Waals surface area contributed by atoms with Crippen LogP contribution in [0.5, 0.6) is 11.5 Å². The fraction of sp³-hybridized carbons (Fsp3) is 0.462. The Morgan fingerprint density at radius 2 is 2.24 bits per heavy atom. The second-order valence-corrected chi connectivity index (χ2v) is 4.53. The van der Waals surface area contributed by atoms with Crippen LogP contribution in [-0.2, 0) is 4.79 Å². The summed E-state index contributed by atoms with van der Waals surface area (Å²) in [6.07, 6.45) is -4.43. The molecular formula is C13H15F3N2O3. The number of likely N-dealkylation sites (N-methyl/N-ethyl adjacent to an activating group) is 1. The molecule has 0 fully saturated rings. The number of fused-ring (bicyclic) bond motifs is 1. The zero-order valence-corrected chi connectivity index (χ0v) is 11.3. The van der Waals surface area contributed by atoms with Gasteiger partial charge >= 0.3 is 6.18 Å². The lowest BCUT2D eigenvalue weighted by atomic mass is 10.1. The van der Waals surface area contributed by atoms with Gasteiger partial charge in [-0.1, -0.05) is 0 Å². The summed E-state index contributed by atoms with van der Waals surface area (Å²) < 4.78 is 46.4. The molecule has 8 heteroatoms. The van der Waals surface area contributed by atoms with Crippen molar-refractivity contribution in [3.05, 3.63) is 23.8 Å². The highest BCUT2D eigenvalue weighted by molar-refractivity contribution is 5.77. The van der Waals surface area contributed by atoms with Gasteiger partial charge in [0, 0.05) is 11.6 Å². The van der Waals surface area contributed by atoms with Crippen molar-refractivity contribution >= 4 is 5.91 Å². The minimum Gasteiger partial charge on any atom is -0.491 e. The lowest BCUT2D eigenvalue weighted by Crippen LogP contribution is -2.36. The molecule has 1 aliphatic rings. The number of hydrogen-bond donors (Lipinski definition) is 2. The van der Waals surface area contributed by atoms with Crippen LogP contribution in [0.25, 0.3) is 0 Å². The van der Waals surface area contributed by atoms with Gasteiger partial charge in [-0.15, -0.1) is 0 Å². The molecule has 0 saturated heterocycles. The standard InChI is InChI=1S/C13H15F3N2O3/c1-17-10-5-21-11-4-8(2-3-9(10)11)20-6-12(19)18-7-13(14,15)16/h2-4,10,17H,5-7H2,1H3,(H,18,19). The SMILES string of the molecule is CNC1COc2cc(OCC(=O)NCC(F)(F)F)ccc21. The molecule has 21 heavy (non-hydrogen) atoms. The van der Waals surface area contributed by atoms with Crippen molar-refractivity contribution in [2.24, 2.45) is 0 Å². The quantitative estimate of drug-likeness (QED) is 0.863. The van der Waals surface area contributed by atoms with Gasteiger partial charge in [0.2, 0.25) is 0 Å². The van der Waals surface area contributed by atoms with Gasteiger partial charge < -0.3 is 20.1 Å². The van der Waals surface area contributed by atoms with Gasteiger partial charge in [0.05, 0.1) is 6.04 Å². The molecule has 0 aromatic heterocycles. The van der Waals surface area contributed by atoms with Gasteiger partial charge in [0.15, 0.2) is 6.61 Å². The van der Waals surface area contributed by atoms with Crippen LogP contribution in [0, 0.1) is 0 Å². The highest BCUT2D eigenvalue weighted by atomic mass is 19.4. The Morgan fingerprint density at radius 1 is 1.48 bits per heavy atom. The number of hydrogen-bond acceptors (Lipinski definition) is 4. The number of benzene rings is 1. The van der Waals surface area contributed by atoms with E-state index in [9.17, 15) is 18.0 Å². The monoisotopic (exact) mass is 304 g/mol. The maximum atomic E-state index is 11.9. The molecule has 2 N–H and O–H groups in total. The third kappa shape index (κ3) is 4.25. The van der Waals surface area contributed by atoms with Crippen LogP contribution in [-0.4, -0.2) is 38.9 Å². The molecule has 116 valence electrons. The van der Waals surface area contributed by atoms with E-state index in [-0.39, 0.29) is 6.04 Å². The maximum absolute atomic E-state index is 11.9. The van der Waals surface area contributed by atoms with Crippen molar-refractivity contribution in [2.45, 2.75) is 12.2 Å². The summed E-state index contributed by atoms with van der Waals surface area (Å²) in [5, 5.41) is 4.82. The van der Waals surface area contributed by atoms with E-state index in [2.05, 4.69) is 5.32 Å². The predicted octanol–water partition coefficient (Wildman–Crippen LogP) is 1.40. The number of carbonyl (C=O) groups excluding carboxylic acids is 1. The molecule has 1 unspecified atom stereocenters. The molecule has 2 rings (SSSR count). The lowest BCUT2D eigenvalue weighted by Gasteiger charge is -2.10. The third-order valence-corrected chi connectivity index (χ3v) is 2.97. The van der Waals surface area contributed by atoms with E-state index in [1.807, 2.05) is 7.05 Å². The van der Waals surface area contributed by atoms with Crippen molar-refractivity contribution in [1.82, 2.24) is 10.6 Å². The van der Waals surface area contributed by atoms with Crippen LogP contribution in [0.15, 0.2) is 18.2 Å². The minimum atomic E-state index is -4.43. The molecule has 1 amide bonds. The highest BCUT2D eigenvalue weighted by Crippen LogP contribution is 2.34. The fourth-order valence-corrected chi connectivity index (χ4v) is 1.92. The van der Waals surface area contributed by atoms with E-state index < -0.39 is 25.2 Å². The second kappa shape index (κ2) is 6.21. The first-order chi connectivity index (χ1) is 9.89. The first-order valence-electron chi connectivity index (χ1n) is 6.29. The number of ether oxygens (including phenoxy) is 2. The van der Waals surface area contributed by atoms with E-state index in [0.29, 0.717) is 18.1 Å². The van der Waals surface area contributed by atoms with Crippen LogP contribution in [0.4, 0.5) is 13.2 Å². The Hall–Kier alpha value is -1.96. The number of halogens is 3. The molecule has 1 aliphatic heterocycles. The van der Waals surface area contributed by atoms with Crippen LogP contribution in [0.1, 0.15) is 11.6 Å². The van der Waals surface area contributed by atoms with Crippen LogP contribution in [0.2, 0.25) is 0 Å². The Bertz CT molecular complexity index is 520. The van der Waals surface area contributed by atoms with Crippen molar-refractivity contribution in [1.29, 1.82) is 0 Å². The minimum absolute atomic E-state index is 0.101. The molecule has 1 aromatic rings. The van der Waals surface area contributed by atoms with Crippen LogP contribution >= 0.6 is 0 Å². The zero-order valence-electron chi connectivity index (χ0n) is 11.3. The Labute approximate surface area is 119 Å². The smallest absolute Gasteiger partial charge is 0.405 e. The summed E-state index contributed by atoms with van der Waals surface area (Å²) in [6.45, 7) is -1.35. The Kier molecular flexibility index (Phi) is 4.56. The van der Waals surface area contributed by atoms with Gasteiger partial charge in [-0.3, -0.25) is 4.79 Å². The molecule has 0 radical (unpaired) electrons. The molecule has 0 aliphatic carbocycles. The molecule has 1 aromatic carbocycles. The number of nitrogens with one attached hydrogen (secondary N) is 2. The predicted molar refractivity (Wildman–Crippen MR) is 68.3 cm³/mol. The molecule has 0 bridgehead atoms. The van der Waals surface area contributed by atoms with E-state index >= 15 is 0 Å². The van der Waals surface area contributed by atoms with E-state index in [0.717, 1.165) is 5.56 Å². The van der Waals surface area contributed by atoms with Gasteiger partial charge in [0.25, 0.3) is 5.91 Å². The van der Waals surface area contributed by atoms with Crippen molar-refractivity contribution in [3.8, 4) is 11.5 Å². The topological polar surface area (TPSA) is 59.6 Å². The fourth-order valence-electron chi connectivity index (χ4n) is 1.92. The summed E-state index contributed by atoms with van der Waals surface area (Å²) in [7, 11) is 1.82. The van der Waals surface area contributed by atoms with Crippen molar-refractivity contribution in [2.75, 3.05) is 26.8 Å². The zero-order chi connectivity index (χ0) is 15.5. The molecule has 1 heterocycles. The van der Waals surface area contributed by atoms with Gasteiger partial charge in [0.1, 0.15) is 24.7 Å². The highest BCUT2D eigenvalue weighted by Gasteiger charge is 2.27. The van der Waals surface area contributed by atoms with Crippen LogP contribution < -0.4 is 20.1 Å². The molecule has 1 atom stereocenters.